The number of cyclic esters (lactones) is 1. The first kappa shape index (κ1) is 25.8. The summed E-state index contributed by atoms with van der Waals surface area (Å²) in [5.41, 5.74) is 12.0. The molecule has 7 atom stereocenters. The van der Waals surface area contributed by atoms with Crippen LogP contribution in [0, 0.1) is 32.1 Å². The Hall–Kier alpha value is -3.17. The van der Waals surface area contributed by atoms with Crippen LogP contribution in [-0.2, 0) is 16.0 Å². The van der Waals surface area contributed by atoms with E-state index in [1.807, 2.05) is 20.9 Å². The number of rotatable bonds is 0. The number of fused-ring (bicyclic) bond motifs is 9. The van der Waals surface area contributed by atoms with Crippen LogP contribution >= 0.6 is 11.8 Å². The third-order valence-corrected chi connectivity index (χ3v) is 11.1. The largest absolute Gasteiger partial charge is 0.507 e. The molecule has 4 bridgehead atoms. The van der Waals surface area contributed by atoms with E-state index in [2.05, 4.69) is 21.9 Å². The first-order valence-corrected chi connectivity index (χ1v) is 14.6. The van der Waals surface area contributed by atoms with Crippen molar-refractivity contribution in [3.63, 3.8) is 0 Å². The minimum absolute atomic E-state index is 0.0141. The standard InChI is InChI=1S/C29H32N4O6S/c1-11-5-14-6-16-17(7-30)33-18-8-37-29(36)15(31)9-40-28(23(33)22(32(16)4)19(14)24(34)12(11)2)21-20(18)27-26(38-10-39-27)13(3)25(21)35/h5,15-18,22-23,28,34-35H,6,8-10,31H2,1-4H3/t15-,16-,17-,18+,22+,23?,28+/m0/s1. The summed E-state index contributed by atoms with van der Waals surface area (Å²) in [7, 11) is 2.02. The highest BCUT2D eigenvalue weighted by atomic mass is 32.2. The summed E-state index contributed by atoms with van der Waals surface area (Å²) in [6.07, 6.45) is 0.595. The fourth-order valence-corrected chi connectivity index (χ4v) is 9.03. The number of nitrogens with zero attached hydrogens (tertiary/aromatic N) is 3. The second-order valence-corrected chi connectivity index (χ2v) is 12.7. The van der Waals surface area contributed by atoms with Gasteiger partial charge < -0.3 is 30.2 Å². The number of benzene rings is 2. The molecule has 0 aliphatic carbocycles. The molecule has 210 valence electrons. The lowest BCUT2D eigenvalue weighted by atomic mass is 9.71. The van der Waals surface area contributed by atoms with Crippen molar-refractivity contribution >= 4 is 17.7 Å². The summed E-state index contributed by atoms with van der Waals surface area (Å²) >= 11 is 1.47. The zero-order valence-corrected chi connectivity index (χ0v) is 23.6. The number of nitrogens with two attached hydrogens (primary N) is 1. The van der Waals surface area contributed by atoms with Crippen molar-refractivity contribution in [1.29, 1.82) is 5.26 Å². The van der Waals surface area contributed by atoms with Gasteiger partial charge in [0.1, 0.15) is 30.2 Å². The van der Waals surface area contributed by atoms with Crippen LogP contribution in [0.5, 0.6) is 23.0 Å². The van der Waals surface area contributed by atoms with Crippen LogP contribution in [0.1, 0.15) is 56.3 Å². The molecule has 5 aliphatic rings. The summed E-state index contributed by atoms with van der Waals surface area (Å²) in [6.45, 7) is 5.68. The van der Waals surface area contributed by atoms with E-state index in [0.717, 1.165) is 22.3 Å². The topological polar surface area (TPSA) is 142 Å². The quantitative estimate of drug-likeness (QED) is 0.407. The Morgan fingerprint density at radius 1 is 1.07 bits per heavy atom. The molecule has 0 amide bonds. The first-order chi connectivity index (χ1) is 19.1. The second-order valence-electron chi connectivity index (χ2n) is 11.5. The Balaban J connectivity index is 1.54. The number of aryl methyl sites for hydroxylation is 1. The number of phenolic OH excluding ortho intramolecular Hbond substituents is 2. The third kappa shape index (κ3) is 3.25. The molecular formula is C29H32N4O6S. The molecule has 40 heavy (non-hydrogen) atoms. The van der Waals surface area contributed by atoms with E-state index in [1.54, 1.807) is 6.92 Å². The normalized spacial score (nSPS) is 32.5. The monoisotopic (exact) mass is 564 g/mol. The Labute approximate surface area is 236 Å². The van der Waals surface area contributed by atoms with E-state index < -0.39 is 29.3 Å². The fraction of sp³-hybridized carbons (Fsp3) is 0.517. The number of carbonyl (C=O) groups is 1. The predicted molar refractivity (Wildman–Crippen MR) is 146 cm³/mol. The molecule has 5 aliphatic heterocycles. The highest BCUT2D eigenvalue weighted by Gasteiger charge is 2.60. The second kappa shape index (κ2) is 8.91. The van der Waals surface area contributed by atoms with Crippen LogP contribution in [0.2, 0.25) is 0 Å². The molecule has 2 saturated heterocycles. The van der Waals surface area contributed by atoms with Crippen LogP contribution in [-0.4, -0.2) is 76.3 Å². The Bertz CT molecular complexity index is 1510. The molecule has 7 rings (SSSR count). The maximum Gasteiger partial charge on any atom is 0.323 e. The number of likely N-dealkylation sites (N-methyl/N-ethyl adjacent to an activating group) is 1. The average Bonchev–Trinajstić information content (AvgIpc) is 3.42. The molecule has 0 aromatic heterocycles. The van der Waals surface area contributed by atoms with Crippen LogP contribution in [0.4, 0.5) is 0 Å². The third-order valence-electron chi connectivity index (χ3n) is 9.64. The van der Waals surface area contributed by atoms with Gasteiger partial charge in [0.15, 0.2) is 11.5 Å². The molecule has 1 unspecified atom stereocenters. The van der Waals surface area contributed by atoms with E-state index in [-0.39, 0.29) is 48.8 Å². The highest BCUT2D eigenvalue weighted by molar-refractivity contribution is 7.99. The van der Waals surface area contributed by atoms with Gasteiger partial charge >= 0.3 is 5.97 Å². The number of aromatic hydroxyl groups is 2. The van der Waals surface area contributed by atoms with Gasteiger partial charge in [0.25, 0.3) is 0 Å². The van der Waals surface area contributed by atoms with Crippen LogP contribution in [0.15, 0.2) is 6.07 Å². The molecule has 2 aromatic carbocycles. The molecular weight excluding hydrogens is 532 g/mol. The fourth-order valence-electron chi connectivity index (χ4n) is 7.59. The maximum atomic E-state index is 12.8. The minimum Gasteiger partial charge on any atom is -0.507 e. The number of ether oxygens (including phenoxy) is 3. The van der Waals surface area contributed by atoms with Crippen molar-refractivity contribution in [3.05, 3.63) is 45.0 Å². The van der Waals surface area contributed by atoms with Crippen molar-refractivity contribution in [3.8, 4) is 29.1 Å². The summed E-state index contributed by atoms with van der Waals surface area (Å²) in [6, 6.07) is 1.93. The van der Waals surface area contributed by atoms with Gasteiger partial charge in [-0.3, -0.25) is 14.6 Å². The van der Waals surface area contributed by atoms with Gasteiger partial charge in [-0.25, -0.2) is 0 Å². The number of nitriles is 1. The van der Waals surface area contributed by atoms with Gasteiger partial charge in [0.05, 0.1) is 23.4 Å². The first-order valence-electron chi connectivity index (χ1n) is 13.5. The van der Waals surface area contributed by atoms with Gasteiger partial charge in [0.2, 0.25) is 6.79 Å². The number of hydrogen-bond donors (Lipinski definition) is 3. The van der Waals surface area contributed by atoms with Gasteiger partial charge in [-0.15, -0.1) is 11.8 Å². The van der Waals surface area contributed by atoms with Gasteiger partial charge in [-0.1, -0.05) is 6.07 Å². The number of carbonyl (C=O) groups excluding carboxylic acids is 1. The molecule has 2 aromatic rings. The van der Waals surface area contributed by atoms with E-state index in [9.17, 15) is 20.3 Å². The SMILES string of the molecule is Cc1cc2c(c(O)c1C)[C@@H]1C3[C@@H]4SC[C@H](N)C(=O)OC[C@H](c5c6c(c(C)c(O)c54)OCO6)N3[C@@H](C#N)[C@H](C2)N1C. The molecule has 11 heteroatoms. The Kier molecular flexibility index (Phi) is 5.74. The zero-order valence-electron chi connectivity index (χ0n) is 22.8. The molecule has 5 heterocycles. The zero-order chi connectivity index (χ0) is 28.2. The molecule has 4 N–H and O–H groups in total. The maximum absolute atomic E-state index is 12.8. The molecule has 0 radical (unpaired) electrons. The summed E-state index contributed by atoms with van der Waals surface area (Å²) in [5.74, 6) is 1.14. The number of piperazine rings is 1. The molecule has 2 fully saturated rings. The van der Waals surface area contributed by atoms with Crippen molar-refractivity contribution in [1.82, 2.24) is 9.80 Å². The number of phenols is 2. The number of thioether (sulfide) groups is 1. The van der Waals surface area contributed by atoms with Crippen LogP contribution < -0.4 is 15.2 Å². The van der Waals surface area contributed by atoms with E-state index in [1.165, 1.54) is 11.8 Å². The Morgan fingerprint density at radius 3 is 2.55 bits per heavy atom. The average molecular weight is 565 g/mol. The predicted octanol–water partition coefficient (Wildman–Crippen LogP) is 2.64. The van der Waals surface area contributed by atoms with Gasteiger partial charge in [-0.05, 0) is 50.9 Å². The minimum atomic E-state index is -0.837. The van der Waals surface area contributed by atoms with Crippen LogP contribution in [0.3, 0.4) is 0 Å². The summed E-state index contributed by atoms with van der Waals surface area (Å²) in [5, 5.41) is 33.6. The summed E-state index contributed by atoms with van der Waals surface area (Å²) in [4.78, 5) is 17.2. The number of hydrogen-bond acceptors (Lipinski definition) is 11. The Morgan fingerprint density at radius 2 is 1.80 bits per heavy atom. The van der Waals surface area contributed by atoms with Crippen molar-refractivity contribution < 1.29 is 29.2 Å². The molecule has 0 saturated carbocycles. The van der Waals surface area contributed by atoms with E-state index in [4.69, 9.17) is 19.9 Å². The highest BCUT2D eigenvalue weighted by Crippen LogP contribution is 2.63. The lowest BCUT2D eigenvalue weighted by Gasteiger charge is -2.61. The van der Waals surface area contributed by atoms with Crippen molar-refractivity contribution in [2.45, 2.75) is 68.7 Å². The number of esters is 1. The smallest absolute Gasteiger partial charge is 0.323 e. The van der Waals surface area contributed by atoms with E-state index >= 15 is 0 Å². The van der Waals surface area contributed by atoms with E-state index in [0.29, 0.717) is 34.6 Å². The van der Waals surface area contributed by atoms with Crippen molar-refractivity contribution in [2.75, 3.05) is 26.2 Å². The molecule has 0 spiro atoms. The van der Waals surface area contributed by atoms with Crippen LogP contribution in [0.25, 0.3) is 0 Å². The molecule has 10 nitrogen and oxygen atoms in total. The summed E-state index contributed by atoms with van der Waals surface area (Å²) < 4.78 is 17.6. The van der Waals surface area contributed by atoms with Crippen molar-refractivity contribution in [2.24, 2.45) is 5.73 Å². The lowest BCUT2D eigenvalue weighted by molar-refractivity contribution is -0.150. The van der Waals surface area contributed by atoms with Gasteiger partial charge in [-0.2, -0.15) is 5.26 Å². The van der Waals surface area contributed by atoms with Gasteiger partial charge in [0, 0.05) is 40.1 Å². The lowest BCUT2D eigenvalue weighted by Crippen LogP contribution is -2.69.